The third kappa shape index (κ3) is 4.68. The highest BCUT2D eigenvalue weighted by Crippen LogP contribution is 2.34. The number of nitriles is 1. The first kappa shape index (κ1) is 20.4. The number of amides is 1. The molecule has 0 unspecified atom stereocenters. The first-order valence-corrected chi connectivity index (χ1v) is 9.85. The minimum absolute atomic E-state index is 0.0337. The molecule has 0 bridgehead atoms. The number of rotatable bonds is 4. The summed E-state index contributed by atoms with van der Waals surface area (Å²) in [5.74, 6) is -0.457. The topological polar surface area (TPSA) is 81.7 Å². The Balaban J connectivity index is 1.62. The van der Waals surface area contributed by atoms with Crippen molar-refractivity contribution in [2.45, 2.75) is 0 Å². The van der Waals surface area contributed by atoms with Crippen LogP contribution in [0.15, 0.2) is 59.0 Å². The molecule has 0 saturated carbocycles. The van der Waals surface area contributed by atoms with Gasteiger partial charge in [-0.15, -0.1) is 0 Å². The van der Waals surface area contributed by atoms with Crippen LogP contribution >= 0.6 is 0 Å². The van der Waals surface area contributed by atoms with Gasteiger partial charge in [-0.1, -0.05) is 18.2 Å². The van der Waals surface area contributed by atoms with Gasteiger partial charge in [0, 0.05) is 49.1 Å². The molecule has 3 aromatic rings. The van der Waals surface area contributed by atoms with Gasteiger partial charge in [0.25, 0.3) is 5.95 Å². The van der Waals surface area contributed by atoms with E-state index in [-0.39, 0.29) is 17.5 Å². The molecule has 0 spiro atoms. The first-order valence-electron chi connectivity index (χ1n) is 9.85. The first-order chi connectivity index (χ1) is 15.0. The van der Waals surface area contributed by atoms with Crippen molar-refractivity contribution in [3.05, 3.63) is 66.2 Å². The van der Waals surface area contributed by atoms with Crippen LogP contribution in [0, 0.1) is 17.1 Å². The van der Waals surface area contributed by atoms with E-state index in [4.69, 9.17) is 14.4 Å². The van der Waals surface area contributed by atoms with Gasteiger partial charge in [-0.25, -0.2) is 9.18 Å². The summed E-state index contributed by atoms with van der Waals surface area (Å²) in [7, 11) is 2.08. The summed E-state index contributed by atoms with van der Waals surface area (Å²) in [6.07, 6.45) is -0.802. The largest absolute Gasteiger partial charge is 0.419 e. The average molecular weight is 420 g/mol. The monoisotopic (exact) mass is 420 g/mol. The van der Waals surface area contributed by atoms with Crippen LogP contribution in [0.5, 0.6) is 5.95 Å². The zero-order chi connectivity index (χ0) is 21.8. The average Bonchev–Trinajstić information content (AvgIpc) is 3.22. The molecule has 1 fully saturated rings. The Morgan fingerprint density at radius 2 is 1.87 bits per heavy atom. The van der Waals surface area contributed by atoms with Gasteiger partial charge >= 0.3 is 6.09 Å². The number of anilines is 2. The van der Waals surface area contributed by atoms with Crippen molar-refractivity contribution in [1.82, 2.24) is 4.90 Å². The number of hydrogen-bond donors (Lipinski definition) is 1. The summed E-state index contributed by atoms with van der Waals surface area (Å²) in [5.41, 5.74) is 2.28. The molecule has 0 radical (unpaired) electrons. The second kappa shape index (κ2) is 8.90. The molecule has 4 rings (SSSR count). The lowest BCUT2D eigenvalue weighted by molar-refractivity contribution is 0.202. The van der Waals surface area contributed by atoms with E-state index in [0.717, 1.165) is 31.9 Å². The third-order valence-corrected chi connectivity index (χ3v) is 5.16. The number of nitrogens with one attached hydrogen (secondary N) is 1. The lowest BCUT2D eigenvalue weighted by Gasteiger charge is -2.34. The van der Waals surface area contributed by atoms with E-state index in [0.29, 0.717) is 16.8 Å². The Bertz CT molecular complexity index is 1130. The molecule has 0 atom stereocenters. The third-order valence-electron chi connectivity index (χ3n) is 5.16. The highest BCUT2D eigenvalue weighted by Gasteiger charge is 2.19. The Morgan fingerprint density at radius 1 is 1.10 bits per heavy atom. The van der Waals surface area contributed by atoms with Crippen LogP contribution in [-0.2, 0) is 0 Å². The van der Waals surface area contributed by atoms with E-state index in [1.165, 1.54) is 18.2 Å². The lowest BCUT2D eigenvalue weighted by atomic mass is 10.0. The van der Waals surface area contributed by atoms with Crippen LogP contribution in [0.2, 0.25) is 0 Å². The summed E-state index contributed by atoms with van der Waals surface area (Å²) in [6, 6.07) is 16.5. The molecule has 7 nitrogen and oxygen atoms in total. The molecule has 2 aromatic carbocycles. The number of benzene rings is 2. The minimum Gasteiger partial charge on any atom is -0.414 e. The molecule has 1 aliphatic heterocycles. The molecular formula is C23H21FN4O3. The van der Waals surface area contributed by atoms with E-state index in [9.17, 15) is 9.18 Å². The molecule has 1 saturated heterocycles. The molecular weight excluding hydrogens is 399 g/mol. The Morgan fingerprint density at radius 3 is 2.58 bits per heavy atom. The van der Waals surface area contributed by atoms with Crippen molar-refractivity contribution in [2.75, 3.05) is 43.4 Å². The summed E-state index contributed by atoms with van der Waals surface area (Å²) < 4.78 is 24.8. The van der Waals surface area contributed by atoms with Crippen molar-refractivity contribution in [2.24, 2.45) is 0 Å². The van der Waals surface area contributed by atoms with Crippen molar-refractivity contribution in [3.63, 3.8) is 0 Å². The van der Waals surface area contributed by atoms with E-state index in [2.05, 4.69) is 22.2 Å². The molecule has 1 N–H and O–H groups in total. The second-order valence-corrected chi connectivity index (χ2v) is 7.25. The van der Waals surface area contributed by atoms with Crippen molar-refractivity contribution < 1.29 is 18.3 Å². The maximum Gasteiger partial charge on any atom is 0.419 e. The quantitative estimate of drug-likeness (QED) is 0.677. The normalized spacial score (nSPS) is 14.2. The van der Waals surface area contributed by atoms with Crippen LogP contribution in [0.1, 0.15) is 5.76 Å². The van der Waals surface area contributed by atoms with E-state index in [1.54, 1.807) is 24.3 Å². The molecule has 1 aliphatic rings. The van der Waals surface area contributed by atoms with E-state index >= 15 is 0 Å². The highest BCUT2D eigenvalue weighted by atomic mass is 19.1. The lowest BCUT2D eigenvalue weighted by Crippen LogP contribution is -2.44. The number of likely N-dealkylation sites (N-methyl/N-ethyl adjacent to an activating group) is 1. The molecule has 2 heterocycles. The fourth-order valence-electron chi connectivity index (χ4n) is 3.47. The van der Waals surface area contributed by atoms with Gasteiger partial charge in [0.15, 0.2) is 0 Å². The maximum atomic E-state index is 14.6. The number of ether oxygens (including phenoxy) is 1. The predicted molar refractivity (Wildman–Crippen MR) is 115 cm³/mol. The summed E-state index contributed by atoms with van der Waals surface area (Å²) in [5, 5.41) is 11.5. The van der Waals surface area contributed by atoms with Crippen molar-refractivity contribution in [3.8, 4) is 23.1 Å². The fraction of sp³-hybridized carbons (Fsp3) is 0.217. The summed E-state index contributed by atoms with van der Waals surface area (Å²) in [4.78, 5) is 16.9. The van der Waals surface area contributed by atoms with Crippen molar-refractivity contribution >= 4 is 17.5 Å². The number of carbonyl (C=O) groups is 1. The summed E-state index contributed by atoms with van der Waals surface area (Å²) >= 11 is 0. The minimum atomic E-state index is -0.802. The Kier molecular flexibility index (Phi) is 5.87. The van der Waals surface area contributed by atoms with Gasteiger partial charge in [0.05, 0.1) is 5.69 Å². The van der Waals surface area contributed by atoms with Crippen LogP contribution in [0.25, 0.3) is 11.1 Å². The van der Waals surface area contributed by atoms with Crippen LogP contribution in [0.4, 0.5) is 20.6 Å². The van der Waals surface area contributed by atoms with Crippen LogP contribution in [0.3, 0.4) is 0 Å². The van der Waals surface area contributed by atoms with Gasteiger partial charge in [0.1, 0.15) is 11.9 Å². The number of furan rings is 1. The van der Waals surface area contributed by atoms with E-state index in [1.807, 2.05) is 18.2 Å². The Labute approximate surface area is 179 Å². The smallest absolute Gasteiger partial charge is 0.414 e. The second-order valence-electron chi connectivity index (χ2n) is 7.25. The highest BCUT2D eigenvalue weighted by molar-refractivity contribution is 5.93. The van der Waals surface area contributed by atoms with Crippen molar-refractivity contribution in [1.29, 1.82) is 5.26 Å². The molecule has 0 aliphatic carbocycles. The van der Waals surface area contributed by atoms with Gasteiger partial charge in [-0.2, -0.15) is 5.26 Å². The Hall–Kier alpha value is -3.83. The van der Waals surface area contributed by atoms with Gasteiger partial charge in [0.2, 0.25) is 5.76 Å². The number of halogens is 1. The number of nitrogens with zero attached hydrogens (tertiary/aromatic N) is 3. The predicted octanol–water partition coefficient (Wildman–Crippen LogP) is 4.32. The zero-order valence-corrected chi connectivity index (χ0v) is 17.0. The standard InChI is InChI=1S/C23H21FN4O3/c1-27-10-12-28(13-11-27)16-6-8-21(19(14-16)18-4-2-3-5-20(18)24)26-23(29)31-22-9-7-17(15-25)30-22/h2-9,14H,10-13H2,1H3,(H,26,29). The number of carbonyl (C=O) groups excluding carboxylic acids is 1. The van der Waals surface area contributed by atoms with Crippen LogP contribution < -0.4 is 15.0 Å². The fourth-order valence-corrected chi connectivity index (χ4v) is 3.47. The zero-order valence-electron chi connectivity index (χ0n) is 17.0. The van der Waals surface area contributed by atoms with Gasteiger partial charge < -0.3 is 19.0 Å². The van der Waals surface area contributed by atoms with Gasteiger partial charge in [-0.3, -0.25) is 5.32 Å². The van der Waals surface area contributed by atoms with Crippen LogP contribution in [-0.4, -0.2) is 44.2 Å². The molecule has 8 heteroatoms. The van der Waals surface area contributed by atoms with Gasteiger partial charge in [-0.05, 0) is 37.4 Å². The molecule has 1 aromatic heterocycles. The molecule has 1 amide bonds. The SMILES string of the molecule is CN1CCN(c2ccc(NC(=O)Oc3ccc(C#N)o3)c(-c3ccccc3F)c2)CC1. The van der Waals surface area contributed by atoms with E-state index < -0.39 is 6.09 Å². The number of piperazine rings is 1. The molecule has 31 heavy (non-hydrogen) atoms. The summed E-state index contributed by atoms with van der Waals surface area (Å²) in [6.45, 7) is 3.61. The number of hydrogen-bond acceptors (Lipinski definition) is 6. The maximum absolute atomic E-state index is 14.6. The molecule has 158 valence electrons.